The Morgan fingerprint density at radius 3 is 2.19 bits per heavy atom. The molecule has 2 aromatic rings. The van der Waals surface area contributed by atoms with Gasteiger partial charge in [0.25, 0.3) is 0 Å². The molecule has 0 aromatic heterocycles. The second-order valence-electron chi connectivity index (χ2n) is 3.89. The minimum absolute atomic E-state index is 0.00895. The smallest absolute Gasteiger partial charge is 0.131 e. The molecular formula is C14H14FN. The van der Waals surface area contributed by atoms with Crippen molar-refractivity contribution >= 4 is 0 Å². The zero-order valence-electron chi connectivity index (χ0n) is 9.15. The summed E-state index contributed by atoms with van der Waals surface area (Å²) in [5, 5.41) is 0. The summed E-state index contributed by atoms with van der Waals surface area (Å²) in [4.78, 5) is 0. The molecule has 2 heteroatoms. The van der Waals surface area contributed by atoms with E-state index in [0.29, 0.717) is 5.56 Å². The van der Waals surface area contributed by atoms with Crippen molar-refractivity contribution in [3.05, 3.63) is 59.9 Å². The van der Waals surface area contributed by atoms with Crippen LogP contribution in [0.15, 0.2) is 48.5 Å². The molecule has 1 unspecified atom stereocenters. The minimum atomic E-state index is -0.198. The highest BCUT2D eigenvalue weighted by molar-refractivity contribution is 5.64. The lowest BCUT2D eigenvalue weighted by Crippen LogP contribution is -2.04. The van der Waals surface area contributed by atoms with E-state index in [2.05, 4.69) is 0 Å². The van der Waals surface area contributed by atoms with Crippen molar-refractivity contribution < 1.29 is 4.39 Å². The lowest BCUT2D eigenvalue weighted by molar-refractivity contribution is 0.631. The van der Waals surface area contributed by atoms with E-state index < -0.39 is 0 Å². The molecule has 0 heterocycles. The Bertz CT molecular complexity index is 474. The van der Waals surface area contributed by atoms with Crippen LogP contribution in [0.4, 0.5) is 4.39 Å². The summed E-state index contributed by atoms with van der Waals surface area (Å²) in [6.45, 7) is 1.93. The maximum Gasteiger partial charge on any atom is 0.131 e. The number of rotatable bonds is 2. The Kier molecular flexibility index (Phi) is 3.02. The standard InChI is InChI=1S/C14H14FN/c1-10(16)11-6-8-12(9-7-11)13-4-2-3-5-14(13)15/h2-10H,16H2,1H3. The molecule has 0 radical (unpaired) electrons. The van der Waals surface area contributed by atoms with Crippen LogP contribution >= 0.6 is 0 Å². The lowest BCUT2D eigenvalue weighted by Gasteiger charge is -2.07. The Morgan fingerprint density at radius 1 is 1.00 bits per heavy atom. The Morgan fingerprint density at radius 2 is 1.62 bits per heavy atom. The summed E-state index contributed by atoms with van der Waals surface area (Å²) in [6, 6.07) is 14.4. The molecule has 2 aromatic carbocycles. The molecule has 0 fully saturated rings. The molecule has 0 aliphatic carbocycles. The predicted octanol–water partition coefficient (Wildman–Crippen LogP) is 3.51. The molecule has 0 bridgehead atoms. The summed E-state index contributed by atoms with van der Waals surface area (Å²) < 4.78 is 13.5. The third-order valence-electron chi connectivity index (χ3n) is 2.62. The van der Waals surface area contributed by atoms with Gasteiger partial charge in [0.2, 0.25) is 0 Å². The zero-order chi connectivity index (χ0) is 11.5. The van der Waals surface area contributed by atoms with E-state index >= 15 is 0 Å². The van der Waals surface area contributed by atoms with Gasteiger partial charge in [-0.25, -0.2) is 4.39 Å². The van der Waals surface area contributed by atoms with Gasteiger partial charge < -0.3 is 5.73 Å². The van der Waals surface area contributed by atoms with Gasteiger partial charge in [0.05, 0.1) is 0 Å². The topological polar surface area (TPSA) is 26.0 Å². The van der Waals surface area contributed by atoms with E-state index in [0.717, 1.165) is 11.1 Å². The van der Waals surface area contributed by atoms with Crippen molar-refractivity contribution in [2.75, 3.05) is 0 Å². The molecule has 16 heavy (non-hydrogen) atoms. The van der Waals surface area contributed by atoms with Crippen molar-refractivity contribution in [1.82, 2.24) is 0 Å². The van der Waals surface area contributed by atoms with Gasteiger partial charge in [-0.2, -0.15) is 0 Å². The average molecular weight is 215 g/mol. The van der Waals surface area contributed by atoms with Gasteiger partial charge in [0.15, 0.2) is 0 Å². The molecule has 0 saturated heterocycles. The molecule has 0 aliphatic rings. The van der Waals surface area contributed by atoms with Gasteiger partial charge >= 0.3 is 0 Å². The number of nitrogens with two attached hydrogens (primary N) is 1. The molecule has 0 saturated carbocycles. The number of halogens is 1. The Hall–Kier alpha value is -1.67. The maximum atomic E-state index is 13.5. The summed E-state index contributed by atoms with van der Waals surface area (Å²) >= 11 is 0. The van der Waals surface area contributed by atoms with E-state index in [4.69, 9.17) is 5.73 Å². The number of benzene rings is 2. The first kappa shape index (κ1) is 10.8. The Labute approximate surface area is 94.7 Å². The minimum Gasteiger partial charge on any atom is -0.324 e. The van der Waals surface area contributed by atoms with Gasteiger partial charge in [0.1, 0.15) is 5.82 Å². The van der Waals surface area contributed by atoms with Crippen molar-refractivity contribution in [1.29, 1.82) is 0 Å². The quantitative estimate of drug-likeness (QED) is 0.815. The van der Waals surface area contributed by atoms with Gasteiger partial charge in [-0.1, -0.05) is 42.5 Å². The van der Waals surface area contributed by atoms with Crippen molar-refractivity contribution in [2.45, 2.75) is 13.0 Å². The molecular weight excluding hydrogens is 201 g/mol. The normalized spacial score (nSPS) is 12.4. The van der Waals surface area contributed by atoms with Crippen LogP contribution in [0.3, 0.4) is 0 Å². The predicted molar refractivity (Wildman–Crippen MR) is 64.4 cm³/mol. The number of hydrogen-bond donors (Lipinski definition) is 1. The van der Waals surface area contributed by atoms with Crippen LogP contribution in [-0.4, -0.2) is 0 Å². The van der Waals surface area contributed by atoms with Crippen LogP contribution in [0.2, 0.25) is 0 Å². The largest absolute Gasteiger partial charge is 0.324 e. The fourth-order valence-electron chi connectivity index (χ4n) is 1.66. The van der Waals surface area contributed by atoms with E-state index in [9.17, 15) is 4.39 Å². The fourth-order valence-corrected chi connectivity index (χ4v) is 1.66. The Balaban J connectivity index is 2.39. The monoisotopic (exact) mass is 215 g/mol. The zero-order valence-corrected chi connectivity index (χ0v) is 9.15. The molecule has 2 rings (SSSR count). The molecule has 2 N–H and O–H groups in total. The van der Waals surface area contributed by atoms with E-state index in [1.54, 1.807) is 12.1 Å². The first-order valence-corrected chi connectivity index (χ1v) is 5.29. The molecule has 1 nitrogen and oxygen atoms in total. The summed E-state index contributed by atoms with van der Waals surface area (Å²) in [6.07, 6.45) is 0. The van der Waals surface area contributed by atoms with E-state index in [-0.39, 0.29) is 11.9 Å². The van der Waals surface area contributed by atoms with Gasteiger partial charge in [-0.3, -0.25) is 0 Å². The van der Waals surface area contributed by atoms with Crippen LogP contribution in [0, 0.1) is 5.82 Å². The highest BCUT2D eigenvalue weighted by atomic mass is 19.1. The lowest BCUT2D eigenvalue weighted by atomic mass is 10.0. The fraction of sp³-hybridized carbons (Fsp3) is 0.143. The third-order valence-corrected chi connectivity index (χ3v) is 2.62. The molecule has 0 aliphatic heterocycles. The van der Waals surface area contributed by atoms with Gasteiger partial charge in [-0.15, -0.1) is 0 Å². The van der Waals surface area contributed by atoms with Crippen LogP contribution in [0.25, 0.3) is 11.1 Å². The molecule has 0 amide bonds. The second kappa shape index (κ2) is 4.45. The van der Waals surface area contributed by atoms with Gasteiger partial charge in [-0.05, 0) is 24.1 Å². The molecule has 1 atom stereocenters. The average Bonchev–Trinajstić information content (AvgIpc) is 2.30. The van der Waals surface area contributed by atoms with Crippen molar-refractivity contribution in [3.63, 3.8) is 0 Å². The van der Waals surface area contributed by atoms with Gasteiger partial charge in [0, 0.05) is 11.6 Å². The van der Waals surface area contributed by atoms with Crippen LogP contribution in [0.5, 0.6) is 0 Å². The first-order valence-electron chi connectivity index (χ1n) is 5.29. The third kappa shape index (κ3) is 2.12. The van der Waals surface area contributed by atoms with Crippen molar-refractivity contribution in [3.8, 4) is 11.1 Å². The molecule has 0 spiro atoms. The van der Waals surface area contributed by atoms with Crippen LogP contribution in [-0.2, 0) is 0 Å². The molecule has 82 valence electrons. The second-order valence-corrected chi connectivity index (χ2v) is 3.89. The summed E-state index contributed by atoms with van der Waals surface area (Å²) in [7, 11) is 0. The van der Waals surface area contributed by atoms with Crippen LogP contribution in [0.1, 0.15) is 18.5 Å². The van der Waals surface area contributed by atoms with E-state index in [1.165, 1.54) is 6.07 Å². The van der Waals surface area contributed by atoms with E-state index in [1.807, 2.05) is 37.3 Å². The summed E-state index contributed by atoms with van der Waals surface area (Å²) in [5.41, 5.74) is 8.32. The van der Waals surface area contributed by atoms with Crippen molar-refractivity contribution in [2.24, 2.45) is 5.73 Å². The maximum absolute atomic E-state index is 13.5. The highest BCUT2D eigenvalue weighted by Gasteiger charge is 2.04. The SMILES string of the molecule is CC(N)c1ccc(-c2ccccc2F)cc1. The highest BCUT2D eigenvalue weighted by Crippen LogP contribution is 2.23. The van der Waals surface area contributed by atoms with Crippen LogP contribution < -0.4 is 5.73 Å². The number of hydrogen-bond acceptors (Lipinski definition) is 1. The first-order chi connectivity index (χ1) is 7.68. The summed E-state index contributed by atoms with van der Waals surface area (Å²) in [5.74, 6) is -0.198.